The molecule has 0 N–H and O–H groups in total. The first-order chi connectivity index (χ1) is 10.3. The Morgan fingerprint density at radius 3 is 2.67 bits per heavy atom. The minimum Gasteiger partial charge on any atom is -0.348 e. The van der Waals surface area contributed by atoms with Gasteiger partial charge >= 0.3 is 0 Å². The van der Waals surface area contributed by atoms with Gasteiger partial charge in [0.05, 0.1) is 19.3 Å². The second-order valence-corrected chi connectivity index (χ2v) is 5.45. The Labute approximate surface area is 125 Å². The van der Waals surface area contributed by atoms with E-state index in [4.69, 9.17) is 9.47 Å². The fourth-order valence-electron chi connectivity index (χ4n) is 2.94. The van der Waals surface area contributed by atoms with Crippen LogP contribution in [0.5, 0.6) is 0 Å². The Morgan fingerprint density at radius 2 is 1.90 bits per heavy atom. The molecule has 0 bridgehead atoms. The van der Waals surface area contributed by atoms with E-state index < -0.39 is 0 Å². The molecule has 112 valence electrons. The predicted molar refractivity (Wildman–Crippen MR) is 80.5 cm³/mol. The van der Waals surface area contributed by atoms with E-state index in [1.165, 1.54) is 0 Å². The van der Waals surface area contributed by atoms with Crippen LogP contribution in [-0.4, -0.2) is 42.9 Å². The van der Waals surface area contributed by atoms with Crippen LogP contribution < -0.4 is 0 Å². The molecular weight excluding hydrogens is 266 g/mol. The van der Waals surface area contributed by atoms with E-state index in [2.05, 4.69) is 0 Å². The lowest BCUT2D eigenvalue weighted by atomic mass is 10.0. The number of ether oxygens (including phenoxy) is 2. The molecule has 2 aliphatic heterocycles. The van der Waals surface area contributed by atoms with E-state index in [0.717, 1.165) is 31.4 Å². The first-order valence-corrected chi connectivity index (χ1v) is 7.61. The summed E-state index contributed by atoms with van der Waals surface area (Å²) in [6.07, 6.45) is 6.40. The minimum atomic E-state index is -0.251. The maximum absolute atomic E-state index is 12.5. The van der Waals surface area contributed by atoms with Gasteiger partial charge in [0.2, 0.25) is 5.91 Å². The van der Waals surface area contributed by atoms with Crippen LogP contribution in [0.1, 0.15) is 24.8 Å². The number of carbonyl (C=O) groups is 1. The molecule has 2 aliphatic rings. The lowest BCUT2D eigenvalue weighted by molar-refractivity contribution is -0.145. The summed E-state index contributed by atoms with van der Waals surface area (Å²) in [5.41, 5.74) is 1.03. The molecule has 0 spiro atoms. The zero-order chi connectivity index (χ0) is 14.5. The molecule has 1 amide bonds. The molecule has 1 aromatic rings. The Hall–Kier alpha value is -1.65. The van der Waals surface area contributed by atoms with Gasteiger partial charge in [0, 0.05) is 12.6 Å². The molecule has 2 heterocycles. The summed E-state index contributed by atoms with van der Waals surface area (Å²) in [5.74, 6) is 0.0441. The fraction of sp³-hybridized carbons (Fsp3) is 0.471. The number of rotatable bonds is 3. The van der Waals surface area contributed by atoms with Gasteiger partial charge in [0.1, 0.15) is 0 Å². The Balaban J connectivity index is 1.67. The SMILES string of the molecule is O=C(C=Cc1ccccc1)N1CCCCC1C1OCCO1. The average Bonchev–Trinajstić information content (AvgIpc) is 3.08. The fourth-order valence-corrected chi connectivity index (χ4v) is 2.94. The van der Waals surface area contributed by atoms with E-state index in [-0.39, 0.29) is 18.2 Å². The monoisotopic (exact) mass is 287 g/mol. The number of likely N-dealkylation sites (tertiary alicyclic amines) is 1. The van der Waals surface area contributed by atoms with Crippen molar-refractivity contribution >= 4 is 12.0 Å². The van der Waals surface area contributed by atoms with Gasteiger partial charge in [-0.05, 0) is 30.9 Å². The van der Waals surface area contributed by atoms with Crippen molar-refractivity contribution in [3.05, 3.63) is 42.0 Å². The van der Waals surface area contributed by atoms with E-state index in [1.807, 2.05) is 41.3 Å². The predicted octanol–water partition coefficient (Wildman–Crippen LogP) is 2.45. The van der Waals surface area contributed by atoms with Crippen molar-refractivity contribution in [1.29, 1.82) is 0 Å². The van der Waals surface area contributed by atoms with Gasteiger partial charge in [-0.1, -0.05) is 30.3 Å². The van der Waals surface area contributed by atoms with Crippen molar-refractivity contribution in [2.75, 3.05) is 19.8 Å². The molecule has 0 aliphatic carbocycles. The topological polar surface area (TPSA) is 38.8 Å². The summed E-state index contributed by atoms with van der Waals surface area (Å²) in [6.45, 7) is 2.04. The van der Waals surface area contributed by atoms with Crippen molar-refractivity contribution in [3.63, 3.8) is 0 Å². The number of nitrogens with zero attached hydrogens (tertiary/aromatic N) is 1. The third-order valence-electron chi connectivity index (χ3n) is 4.01. The van der Waals surface area contributed by atoms with Crippen molar-refractivity contribution in [2.45, 2.75) is 31.6 Å². The summed E-state index contributed by atoms with van der Waals surface area (Å²) >= 11 is 0. The van der Waals surface area contributed by atoms with Gasteiger partial charge in [-0.2, -0.15) is 0 Å². The van der Waals surface area contributed by atoms with Crippen LogP contribution in [0, 0.1) is 0 Å². The van der Waals surface area contributed by atoms with Crippen LogP contribution in [0.15, 0.2) is 36.4 Å². The van der Waals surface area contributed by atoms with Crippen LogP contribution in [0.3, 0.4) is 0 Å². The molecule has 2 fully saturated rings. The summed E-state index contributed by atoms with van der Waals surface area (Å²) in [6, 6.07) is 9.92. The summed E-state index contributed by atoms with van der Waals surface area (Å²) < 4.78 is 11.2. The van der Waals surface area contributed by atoms with Crippen LogP contribution >= 0.6 is 0 Å². The van der Waals surface area contributed by atoms with E-state index >= 15 is 0 Å². The smallest absolute Gasteiger partial charge is 0.246 e. The van der Waals surface area contributed by atoms with Crippen molar-refractivity contribution in [2.24, 2.45) is 0 Å². The molecular formula is C17H21NO3. The molecule has 1 unspecified atom stereocenters. The molecule has 0 aromatic heterocycles. The third kappa shape index (κ3) is 3.52. The lowest BCUT2D eigenvalue weighted by Gasteiger charge is -2.37. The van der Waals surface area contributed by atoms with Gasteiger partial charge in [0.15, 0.2) is 6.29 Å². The van der Waals surface area contributed by atoms with E-state index in [0.29, 0.717) is 13.2 Å². The zero-order valence-corrected chi connectivity index (χ0v) is 12.1. The molecule has 4 nitrogen and oxygen atoms in total. The molecule has 21 heavy (non-hydrogen) atoms. The highest BCUT2D eigenvalue weighted by Crippen LogP contribution is 2.24. The molecule has 1 aromatic carbocycles. The average molecular weight is 287 g/mol. The lowest BCUT2D eigenvalue weighted by Crippen LogP contribution is -2.49. The second-order valence-electron chi connectivity index (χ2n) is 5.45. The molecule has 0 saturated carbocycles. The quantitative estimate of drug-likeness (QED) is 0.802. The first-order valence-electron chi connectivity index (χ1n) is 7.61. The Morgan fingerprint density at radius 1 is 1.14 bits per heavy atom. The van der Waals surface area contributed by atoms with Gasteiger partial charge in [-0.25, -0.2) is 0 Å². The Kier molecular flexibility index (Phi) is 4.68. The zero-order valence-electron chi connectivity index (χ0n) is 12.1. The highest BCUT2D eigenvalue weighted by Gasteiger charge is 2.35. The minimum absolute atomic E-state index is 0.0441. The van der Waals surface area contributed by atoms with Crippen LogP contribution in [-0.2, 0) is 14.3 Å². The molecule has 0 radical (unpaired) electrons. The van der Waals surface area contributed by atoms with Gasteiger partial charge in [-0.3, -0.25) is 4.79 Å². The maximum Gasteiger partial charge on any atom is 0.246 e. The maximum atomic E-state index is 12.5. The van der Waals surface area contributed by atoms with Crippen molar-refractivity contribution in [3.8, 4) is 0 Å². The number of piperidine rings is 1. The molecule has 4 heteroatoms. The van der Waals surface area contributed by atoms with Crippen molar-refractivity contribution < 1.29 is 14.3 Å². The number of hydrogen-bond donors (Lipinski definition) is 0. The Bertz CT molecular complexity index is 494. The highest BCUT2D eigenvalue weighted by atomic mass is 16.7. The largest absolute Gasteiger partial charge is 0.348 e. The third-order valence-corrected chi connectivity index (χ3v) is 4.01. The number of carbonyl (C=O) groups excluding carboxylic acids is 1. The first kappa shape index (κ1) is 14.3. The summed E-state index contributed by atoms with van der Waals surface area (Å²) in [5, 5.41) is 0. The highest BCUT2D eigenvalue weighted by molar-refractivity contribution is 5.92. The normalized spacial score (nSPS) is 23.8. The molecule has 2 saturated heterocycles. The van der Waals surface area contributed by atoms with Crippen LogP contribution in [0.2, 0.25) is 0 Å². The summed E-state index contributed by atoms with van der Waals surface area (Å²) in [4.78, 5) is 14.4. The standard InChI is InChI=1S/C17H21NO3/c19-16(10-9-14-6-2-1-3-7-14)18-11-5-4-8-15(18)17-20-12-13-21-17/h1-3,6-7,9-10,15,17H,4-5,8,11-13H2. The number of benzene rings is 1. The number of amides is 1. The molecule has 1 atom stereocenters. The van der Waals surface area contributed by atoms with Gasteiger partial charge < -0.3 is 14.4 Å². The molecule has 3 rings (SSSR count). The van der Waals surface area contributed by atoms with Crippen LogP contribution in [0.25, 0.3) is 6.08 Å². The van der Waals surface area contributed by atoms with E-state index in [9.17, 15) is 4.79 Å². The van der Waals surface area contributed by atoms with Crippen LogP contribution in [0.4, 0.5) is 0 Å². The van der Waals surface area contributed by atoms with Crippen molar-refractivity contribution in [1.82, 2.24) is 4.90 Å². The second kappa shape index (κ2) is 6.87. The summed E-state index contributed by atoms with van der Waals surface area (Å²) in [7, 11) is 0. The van der Waals surface area contributed by atoms with E-state index in [1.54, 1.807) is 6.08 Å². The van der Waals surface area contributed by atoms with Gasteiger partial charge in [0.25, 0.3) is 0 Å². The number of hydrogen-bond acceptors (Lipinski definition) is 3. The van der Waals surface area contributed by atoms with Gasteiger partial charge in [-0.15, -0.1) is 0 Å².